The maximum atomic E-state index is 12.8. The van der Waals surface area contributed by atoms with Crippen LogP contribution in [0.1, 0.15) is 303 Å². The maximum Gasteiger partial charge on any atom is 0.306 e. The first kappa shape index (κ1) is 59.1. The Hall–Kier alpha value is -1.85. The summed E-state index contributed by atoms with van der Waals surface area (Å²) in [4.78, 5) is 38.0. The number of carbonyl (C=O) groups excluding carboxylic acids is 3. The summed E-state index contributed by atoms with van der Waals surface area (Å²) >= 11 is 0. The number of unbranched alkanes of at least 4 members (excludes halogenated alkanes) is 37. The van der Waals surface area contributed by atoms with Gasteiger partial charge in [-0.05, 0) is 44.9 Å². The molecule has 0 amide bonds. The van der Waals surface area contributed by atoms with Gasteiger partial charge in [-0.1, -0.05) is 251 Å². The molecule has 0 aliphatic carbocycles. The summed E-state index contributed by atoms with van der Waals surface area (Å²) in [5, 5.41) is 0. The van der Waals surface area contributed by atoms with E-state index < -0.39 is 6.10 Å². The molecule has 6 nitrogen and oxygen atoms in total. The molecule has 0 bridgehead atoms. The number of hydrogen-bond donors (Lipinski definition) is 0. The molecule has 0 fully saturated rings. The second kappa shape index (κ2) is 50.8. The van der Waals surface area contributed by atoms with E-state index in [0.717, 1.165) is 57.8 Å². The van der Waals surface area contributed by atoms with E-state index in [1.165, 1.54) is 205 Å². The van der Waals surface area contributed by atoms with Gasteiger partial charge in [0.25, 0.3) is 0 Å². The van der Waals surface area contributed by atoms with Crippen LogP contribution in [-0.4, -0.2) is 37.2 Å². The average molecular weight is 861 g/mol. The first-order chi connectivity index (χ1) is 30.0. The van der Waals surface area contributed by atoms with Crippen LogP contribution in [0.5, 0.6) is 0 Å². The van der Waals surface area contributed by atoms with Gasteiger partial charge in [-0.2, -0.15) is 0 Å². The van der Waals surface area contributed by atoms with Gasteiger partial charge in [0.1, 0.15) is 13.2 Å². The lowest BCUT2D eigenvalue weighted by Crippen LogP contribution is -2.30. The zero-order chi connectivity index (χ0) is 44.4. The number of allylic oxidation sites excluding steroid dienone is 2. The molecule has 0 saturated heterocycles. The van der Waals surface area contributed by atoms with Crippen molar-refractivity contribution in [3.05, 3.63) is 12.2 Å². The molecule has 0 aromatic rings. The van der Waals surface area contributed by atoms with Crippen LogP contribution in [0.25, 0.3) is 0 Å². The molecule has 0 rings (SSSR count). The molecule has 6 heteroatoms. The van der Waals surface area contributed by atoms with Gasteiger partial charge in [0, 0.05) is 19.3 Å². The molecule has 0 aliphatic heterocycles. The smallest absolute Gasteiger partial charge is 0.306 e. The minimum absolute atomic E-state index is 0.0662. The van der Waals surface area contributed by atoms with E-state index in [1.54, 1.807) is 0 Å². The lowest BCUT2D eigenvalue weighted by Gasteiger charge is -2.18. The predicted octanol–water partition coefficient (Wildman–Crippen LogP) is 17.8. The van der Waals surface area contributed by atoms with Crippen molar-refractivity contribution in [1.29, 1.82) is 0 Å². The fraction of sp³-hybridized carbons (Fsp3) is 0.909. The summed E-state index contributed by atoms with van der Waals surface area (Å²) in [6.45, 7) is 6.66. The molecule has 0 aromatic heterocycles. The lowest BCUT2D eigenvalue weighted by molar-refractivity contribution is -0.167. The van der Waals surface area contributed by atoms with E-state index in [1.807, 2.05) is 0 Å². The Labute approximate surface area is 380 Å². The molecule has 0 aliphatic rings. The standard InChI is InChI=1S/C55H104O6/c1-4-7-10-13-16-19-22-24-26-27-29-30-33-36-39-42-45-48-54(57)60-51-52(50-59-53(56)47-44-41-38-35-32-21-18-15-12-9-6-3)61-55(58)49-46-43-40-37-34-31-28-25-23-20-17-14-11-8-5-2/h20,23,52H,4-19,21-22,24-51H2,1-3H3/b23-20+/t52-/m1/s1. The van der Waals surface area contributed by atoms with E-state index in [-0.39, 0.29) is 31.1 Å². The highest BCUT2D eigenvalue weighted by molar-refractivity contribution is 5.71. The van der Waals surface area contributed by atoms with E-state index in [4.69, 9.17) is 14.2 Å². The molecular weight excluding hydrogens is 757 g/mol. The fourth-order valence-corrected chi connectivity index (χ4v) is 8.14. The second-order valence-corrected chi connectivity index (χ2v) is 18.5. The van der Waals surface area contributed by atoms with E-state index >= 15 is 0 Å². The molecule has 61 heavy (non-hydrogen) atoms. The first-order valence-electron chi connectivity index (χ1n) is 27.2. The van der Waals surface area contributed by atoms with Gasteiger partial charge >= 0.3 is 17.9 Å². The Morgan fingerprint density at radius 2 is 0.541 bits per heavy atom. The molecule has 0 heterocycles. The Balaban J connectivity index is 4.29. The molecule has 0 unspecified atom stereocenters. The van der Waals surface area contributed by atoms with Gasteiger partial charge in [-0.3, -0.25) is 14.4 Å². The molecule has 1 atom stereocenters. The SMILES string of the molecule is CCCCCC/C=C/CCCCCCCCCC(=O)O[C@H](COC(=O)CCCCCCCCCCCCC)COC(=O)CCCCCCCCCCCCCCCCCCC. The second-order valence-electron chi connectivity index (χ2n) is 18.5. The van der Waals surface area contributed by atoms with Crippen LogP contribution >= 0.6 is 0 Å². The van der Waals surface area contributed by atoms with Gasteiger partial charge in [-0.15, -0.1) is 0 Å². The van der Waals surface area contributed by atoms with Crippen molar-refractivity contribution in [2.24, 2.45) is 0 Å². The van der Waals surface area contributed by atoms with Crippen LogP contribution in [0, 0.1) is 0 Å². The van der Waals surface area contributed by atoms with Crippen molar-refractivity contribution in [2.45, 2.75) is 309 Å². The third-order valence-corrected chi connectivity index (χ3v) is 12.3. The van der Waals surface area contributed by atoms with Crippen molar-refractivity contribution in [1.82, 2.24) is 0 Å². The van der Waals surface area contributed by atoms with Crippen LogP contribution < -0.4 is 0 Å². The van der Waals surface area contributed by atoms with Crippen molar-refractivity contribution in [3.63, 3.8) is 0 Å². The topological polar surface area (TPSA) is 78.9 Å². The zero-order valence-corrected chi connectivity index (χ0v) is 41.2. The van der Waals surface area contributed by atoms with E-state index in [0.29, 0.717) is 19.3 Å². The minimum atomic E-state index is -0.765. The van der Waals surface area contributed by atoms with Gasteiger partial charge in [-0.25, -0.2) is 0 Å². The zero-order valence-electron chi connectivity index (χ0n) is 41.2. The van der Waals surface area contributed by atoms with Crippen molar-refractivity contribution in [3.8, 4) is 0 Å². The highest BCUT2D eigenvalue weighted by Crippen LogP contribution is 2.17. The fourth-order valence-electron chi connectivity index (χ4n) is 8.14. The van der Waals surface area contributed by atoms with Gasteiger partial charge < -0.3 is 14.2 Å². The summed E-state index contributed by atoms with van der Waals surface area (Å²) in [7, 11) is 0. The average Bonchev–Trinajstić information content (AvgIpc) is 3.26. The minimum Gasteiger partial charge on any atom is -0.462 e. The normalized spacial score (nSPS) is 12.0. The van der Waals surface area contributed by atoms with Crippen LogP contribution in [0.2, 0.25) is 0 Å². The molecule has 0 spiro atoms. The highest BCUT2D eigenvalue weighted by atomic mass is 16.6. The summed E-state index contributed by atoms with van der Waals surface area (Å²) < 4.78 is 16.8. The Bertz CT molecular complexity index is 947. The van der Waals surface area contributed by atoms with Crippen LogP contribution in [-0.2, 0) is 28.6 Å². The maximum absolute atomic E-state index is 12.8. The lowest BCUT2D eigenvalue weighted by atomic mass is 10.0. The quantitative estimate of drug-likeness (QED) is 0.0262. The third kappa shape index (κ3) is 49.0. The number of carbonyl (C=O) groups is 3. The Kier molecular flexibility index (Phi) is 49.3. The van der Waals surface area contributed by atoms with Crippen molar-refractivity contribution in [2.75, 3.05) is 13.2 Å². The molecular formula is C55H104O6. The van der Waals surface area contributed by atoms with Crippen LogP contribution in [0.4, 0.5) is 0 Å². The highest BCUT2D eigenvalue weighted by Gasteiger charge is 2.19. The summed E-state index contributed by atoms with van der Waals surface area (Å²) in [5.74, 6) is -0.852. The third-order valence-electron chi connectivity index (χ3n) is 12.3. The van der Waals surface area contributed by atoms with Gasteiger partial charge in [0.15, 0.2) is 6.10 Å². The van der Waals surface area contributed by atoms with Gasteiger partial charge in [0.05, 0.1) is 0 Å². The molecule has 0 saturated carbocycles. The van der Waals surface area contributed by atoms with E-state index in [2.05, 4.69) is 32.9 Å². The Morgan fingerprint density at radius 3 is 0.836 bits per heavy atom. The Morgan fingerprint density at radius 1 is 0.311 bits per heavy atom. The number of hydrogen-bond acceptors (Lipinski definition) is 6. The number of esters is 3. The largest absolute Gasteiger partial charge is 0.462 e. The van der Waals surface area contributed by atoms with E-state index in [9.17, 15) is 14.4 Å². The molecule has 360 valence electrons. The summed E-state index contributed by atoms with van der Waals surface area (Å²) in [5.41, 5.74) is 0. The molecule has 0 N–H and O–H groups in total. The van der Waals surface area contributed by atoms with Gasteiger partial charge in [0.2, 0.25) is 0 Å². The number of ether oxygens (including phenoxy) is 3. The van der Waals surface area contributed by atoms with Crippen LogP contribution in [0.15, 0.2) is 12.2 Å². The monoisotopic (exact) mass is 861 g/mol. The molecule has 0 aromatic carbocycles. The first-order valence-corrected chi connectivity index (χ1v) is 27.2. The van der Waals surface area contributed by atoms with Crippen LogP contribution in [0.3, 0.4) is 0 Å². The van der Waals surface area contributed by atoms with Crippen molar-refractivity contribution >= 4 is 17.9 Å². The van der Waals surface area contributed by atoms with Crippen molar-refractivity contribution < 1.29 is 28.6 Å². The molecule has 0 radical (unpaired) electrons. The summed E-state index contributed by atoms with van der Waals surface area (Å²) in [6, 6.07) is 0. The summed E-state index contributed by atoms with van der Waals surface area (Å²) in [6.07, 6.45) is 56.2. The predicted molar refractivity (Wildman–Crippen MR) is 261 cm³/mol. The number of rotatable bonds is 50.